The minimum Gasteiger partial charge on any atom is -0.492 e. The second-order valence-corrected chi connectivity index (χ2v) is 9.20. The lowest BCUT2D eigenvalue weighted by atomic mass is 9.88. The Labute approximate surface area is 187 Å². The summed E-state index contributed by atoms with van der Waals surface area (Å²) in [7, 11) is 0. The minimum absolute atomic E-state index is 0.0705. The molecule has 4 nitrogen and oxygen atoms in total. The van der Waals surface area contributed by atoms with E-state index in [0.29, 0.717) is 28.2 Å². The maximum absolute atomic E-state index is 13.5. The summed E-state index contributed by atoms with van der Waals surface area (Å²) >= 11 is 7.79. The summed E-state index contributed by atoms with van der Waals surface area (Å²) in [5.74, 6) is 0.713. The number of halogens is 1. The van der Waals surface area contributed by atoms with Crippen LogP contribution in [0, 0.1) is 5.92 Å². The first-order chi connectivity index (χ1) is 15.2. The monoisotopic (exact) mass is 445 g/mol. The Morgan fingerprint density at radius 1 is 1.03 bits per heavy atom. The van der Waals surface area contributed by atoms with E-state index in [1.807, 2.05) is 48.5 Å². The molecule has 3 aromatic carbocycles. The molecule has 4 aromatic rings. The van der Waals surface area contributed by atoms with Gasteiger partial charge in [0.15, 0.2) is 5.43 Å². The van der Waals surface area contributed by atoms with Gasteiger partial charge in [0.1, 0.15) is 11.3 Å². The van der Waals surface area contributed by atoms with Gasteiger partial charge >= 0.3 is 0 Å². The number of para-hydroxylation sites is 2. The lowest BCUT2D eigenvalue weighted by Crippen LogP contribution is -2.33. The SMILES string of the molecule is O=c1c(C2Sc3ccccc3N=C3c4ccccc4OCC32)coc2ccc(Cl)cc12. The van der Waals surface area contributed by atoms with Crippen LogP contribution in [0.25, 0.3) is 11.0 Å². The van der Waals surface area contributed by atoms with Crippen LogP contribution in [0.15, 0.2) is 92.1 Å². The van der Waals surface area contributed by atoms with Crippen LogP contribution >= 0.6 is 23.4 Å². The lowest BCUT2D eigenvalue weighted by Gasteiger charge is -2.31. The largest absolute Gasteiger partial charge is 0.492 e. The summed E-state index contributed by atoms with van der Waals surface area (Å²) in [5.41, 5.74) is 3.86. The molecule has 0 fully saturated rings. The number of aliphatic imine (C=N–C) groups is 1. The van der Waals surface area contributed by atoms with Crippen molar-refractivity contribution in [3.05, 3.63) is 99.4 Å². The number of benzene rings is 3. The highest BCUT2D eigenvalue weighted by Crippen LogP contribution is 2.49. The number of nitrogens with zero attached hydrogens (tertiary/aromatic N) is 1. The zero-order valence-electron chi connectivity index (χ0n) is 16.2. The molecular formula is C25H16ClNO3S. The number of fused-ring (bicyclic) bond motifs is 5. The Bertz CT molecular complexity index is 1430. The van der Waals surface area contributed by atoms with Crippen molar-refractivity contribution in [3.8, 4) is 5.75 Å². The molecule has 31 heavy (non-hydrogen) atoms. The molecule has 152 valence electrons. The molecule has 0 amide bonds. The van der Waals surface area contributed by atoms with Gasteiger partial charge < -0.3 is 9.15 Å². The van der Waals surface area contributed by atoms with Crippen LogP contribution in [-0.4, -0.2) is 12.3 Å². The van der Waals surface area contributed by atoms with E-state index in [9.17, 15) is 4.79 Å². The van der Waals surface area contributed by atoms with Gasteiger partial charge in [-0.05, 0) is 42.5 Å². The van der Waals surface area contributed by atoms with Crippen molar-refractivity contribution in [2.45, 2.75) is 10.1 Å². The molecule has 0 saturated carbocycles. The second kappa shape index (κ2) is 7.29. The number of ether oxygens (including phenoxy) is 1. The normalized spacial score (nSPS) is 19.5. The highest BCUT2D eigenvalue weighted by atomic mass is 35.5. The highest BCUT2D eigenvalue weighted by Gasteiger charge is 2.38. The first-order valence-corrected chi connectivity index (χ1v) is 11.2. The maximum Gasteiger partial charge on any atom is 0.197 e. The molecule has 3 heterocycles. The highest BCUT2D eigenvalue weighted by molar-refractivity contribution is 7.99. The van der Waals surface area contributed by atoms with Crippen LogP contribution in [0.5, 0.6) is 5.75 Å². The smallest absolute Gasteiger partial charge is 0.197 e. The van der Waals surface area contributed by atoms with E-state index >= 15 is 0 Å². The average Bonchev–Trinajstić information content (AvgIpc) is 2.97. The number of thioether (sulfide) groups is 1. The Kier molecular flexibility index (Phi) is 4.40. The van der Waals surface area contributed by atoms with Gasteiger partial charge in [-0.2, -0.15) is 0 Å². The predicted octanol–water partition coefficient (Wildman–Crippen LogP) is 6.42. The van der Waals surface area contributed by atoms with Crippen LogP contribution in [0.3, 0.4) is 0 Å². The van der Waals surface area contributed by atoms with Crippen molar-refractivity contribution < 1.29 is 9.15 Å². The summed E-state index contributed by atoms with van der Waals surface area (Å²) in [6, 6.07) is 21.1. The Morgan fingerprint density at radius 3 is 2.81 bits per heavy atom. The molecule has 2 aliphatic rings. The summed E-state index contributed by atoms with van der Waals surface area (Å²) in [5, 5.41) is 0.780. The fourth-order valence-electron chi connectivity index (χ4n) is 4.23. The number of hydrogen-bond acceptors (Lipinski definition) is 5. The Morgan fingerprint density at radius 2 is 1.87 bits per heavy atom. The molecule has 0 N–H and O–H groups in total. The van der Waals surface area contributed by atoms with E-state index in [4.69, 9.17) is 25.7 Å². The lowest BCUT2D eigenvalue weighted by molar-refractivity contribution is 0.271. The van der Waals surface area contributed by atoms with E-state index in [1.165, 1.54) is 0 Å². The topological polar surface area (TPSA) is 51.8 Å². The first kappa shape index (κ1) is 18.7. The number of hydrogen-bond donors (Lipinski definition) is 0. The molecule has 2 aliphatic heterocycles. The van der Waals surface area contributed by atoms with E-state index in [2.05, 4.69) is 0 Å². The van der Waals surface area contributed by atoms with E-state index in [-0.39, 0.29) is 16.6 Å². The molecule has 0 bridgehead atoms. The molecule has 0 radical (unpaired) electrons. The maximum atomic E-state index is 13.5. The van der Waals surface area contributed by atoms with Gasteiger partial charge in [0.05, 0.1) is 40.8 Å². The summed E-state index contributed by atoms with van der Waals surface area (Å²) in [6.45, 7) is 0.439. The van der Waals surface area contributed by atoms with Gasteiger partial charge in [0.2, 0.25) is 0 Å². The van der Waals surface area contributed by atoms with Crippen LogP contribution in [-0.2, 0) is 0 Å². The molecule has 1 aromatic heterocycles. The number of rotatable bonds is 1. The van der Waals surface area contributed by atoms with Gasteiger partial charge in [-0.1, -0.05) is 35.9 Å². The van der Waals surface area contributed by atoms with E-state index in [0.717, 1.165) is 27.6 Å². The minimum atomic E-state index is -0.213. The third-order valence-electron chi connectivity index (χ3n) is 5.73. The predicted molar refractivity (Wildman–Crippen MR) is 124 cm³/mol. The van der Waals surface area contributed by atoms with Crippen molar-refractivity contribution in [2.24, 2.45) is 10.9 Å². The Balaban J connectivity index is 1.58. The zero-order chi connectivity index (χ0) is 20.9. The molecule has 0 saturated heterocycles. The van der Waals surface area contributed by atoms with E-state index in [1.54, 1.807) is 36.2 Å². The van der Waals surface area contributed by atoms with Gasteiger partial charge in [-0.25, -0.2) is 0 Å². The van der Waals surface area contributed by atoms with Crippen LogP contribution in [0.4, 0.5) is 5.69 Å². The van der Waals surface area contributed by atoms with E-state index < -0.39 is 0 Å². The molecular weight excluding hydrogens is 430 g/mol. The molecule has 0 spiro atoms. The van der Waals surface area contributed by atoms with Crippen molar-refractivity contribution in [2.75, 3.05) is 6.61 Å². The van der Waals surface area contributed by atoms with Crippen molar-refractivity contribution in [1.29, 1.82) is 0 Å². The van der Waals surface area contributed by atoms with Crippen LogP contribution in [0.1, 0.15) is 16.4 Å². The second-order valence-electron chi connectivity index (χ2n) is 7.58. The van der Waals surface area contributed by atoms with Crippen molar-refractivity contribution in [3.63, 3.8) is 0 Å². The summed E-state index contributed by atoms with van der Waals surface area (Å²) in [6.07, 6.45) is 1.59. The van der Waals surface area contributed by atoms with Gasteiger partial charge in [0, 0.05) is 21.0 Å². The fraction of sp³-hybridized carbons (Fsp3) is 0.120. The molecule has 2 atom stereocenters. The zero-order valence-corrected chi connectivity index (χ0v) is 17.8. The van der Waals surface area contributed by atoms with Gasteiger partial charge in [-0.15, -0.1) is 11.8 Å². The summed E-state index contributed by atoms with van der Waals surface area (Å²) < 4.78 is 12.0. The van der Waals surface area contributed by atoms with Gasteiger partial charge in [-0.3, -0.25) is 9.79 Å². The third-order valence-corrected chi connectivity index (χ3v) is 7.40. The molecule has 2 unspecified atom stereocenters. The standard InChI is InChI=1S/C25H16ClNO3S/c26-14-9-10-21-16(11-14)24(28)18(13-30-21)25-17-12-29-20-7-3-1-5-15(20)23(17)27-19-6-2-4-8-22(19)31-25/h1-11,13,17,25H,12H2. The van der Waals surface area contributed by atoms with Gasteiger partial charge in [0.25, 0.3) is 0 Å². The first-order valence-electron chi connectivity index (χ1n) is 9.96. The Hall–Kier alpha value is -3.02. The quantitative estimate of drug-likeness (QED) is 0.339. The fourth-order valence-corrected chi connectivity index (χ4v) is 5.73. The molecule has 0 aliphatic carbocycles. The average molecular weight is 446 g/mol. The van der Waals surface area contributed by atoms with Crippen molar-refractivity contribution >= 4 is 45.7 Å². The van der Waals surface area contributed by atoms with Crippen LogP contribution < -0.4 is 10.2 Å². The summed E-state index contributed by atoms with van der Waals surface area (Å²) in [4.78, 5) is 19.6. The molecule has 6 rings (SSSR count). The molecule has 6 heteroatoms. The van der Waals surface area contributed by atoms with Crippen LogP contribution in [0.2, 0.25) is 5.02 Å². The third kappa shape index (κ3) is 3.08. The van der Waals surface area contributed by atoms with Crippen molar-refractivity contribution in [1.82, 2.24) is 0 Å².